The normalized spacial score (nSPS) is 13.8. The Morgan fingerprint density at radius 2 is 1.85 bits per heavy atom. The molecule has 0 aliphatic rings. The molecule has 20 heavy (non-hydrogen) atoms. The summed E-state index contributed by atoms with van der Waals surface area (Å²) in [5.41, 5.74) is 8.66. The van der Waals surface area contributed by atoms with E-state index in [0.29, 0.717) is 6.61 Å². The number of hydrogen-bond donors (Lipinski definition) is 2. The van der Waals surface area contributed by atoms with Gasteiger partial charge in [0.25, 0.3) is 0 Å². The lowest BCUT2D eigenvalue weighted by molar-refractivity contribution is 0.153. The molecular weight excluding hydrogens is 250 g/mol. The molecule has 2 atom stereocenters. The number of hydrogen-bond acceptors (Lipinski definition) is 3. The fourth-order valence-electron chi connectivity index (χ4n) is 2.06. The average Bonchev–Trinajstić information content (AvgIpc) is 2.46. The molecule has 0 saturated heterocycles. The molecule has 0 aliphatic carbocycles. The number of aliphatic hydroxyl groups excluding tert-OH is 1. The van der Waals surface area contributed by atoms with Gasteiger partial charge in [-0.05, 0) is 42.7 Å². The van der Waals surface area contributed by atoms with Gasteiger partial charge < -0.3 is 15.6 Å². The van der Waals surface area contributed by atoms with E-state index in [-0.39, 0.29) is 6.04 Å². The topological polar surface area (TPSA) is 55.5 Å². The third-order valence-electron chi connectivity index (χ3n) is 3.28. The lowest BCUT2D eigenvalue weighted by atomic mass is 10.0. The van der Waals surface area contributed by atoms with Crippen molar-refractivity contribution >= 4 is 0 Å². The van der Waals surface area contributed by atoms with E-state index in [1.165, 1.54) is 0 Å². The molecule has 0 aliphatic heterocycles. The third-order valence-corrected chi connectivity index (χ3v) is 3.28. The Morgan fingerprint density at radius 1 is 1.15 bits per heavy atom. The van der Waals surface area contributed by atoms with Gasteiger partial charge in [-0.25, -0.2) is 0 Å². The van der Waals surface area contributed by atoms with Crippen molar-refractivity contribution in [2.45, 2.75) is 32.6 Å². The Kier molecular flexibility index (Phi) is 4.77. The zero-order chi connectivity index (χ0) is 14.5. The molecule has 2 aromatic carbocycles. The average molecular weight is 271 g/mol. The molecular formula is C17H21NO2. The van der Waals surface area contributed by atoms with Crippen molar-refractivity contribution in [2.24, 2.45) is 5.73 Å². The molecule has 0 fully saturated rings. The van der Waals surface area contributed by atoms with Crippen LogP contribution in [0.4, 0.5) is 0 Å². The summed E-state index contributed by atoms with van der Waals surface area (Å²) in [5, 5.41) is 9.96. The van der Waals surface area contributed by atoms with Crippen LogP contribution in [0.2, 0.25) is 0 Å². The molecule has 3 nitrogen and oxygen atoms in total. The second kappa shape index (κ2) is 6.55. The van der Waals surface area contributed by atoms with Gasteiger partial charge in [0.05, 0.1) is 6.10 Å². The monoisotopic (exact) mass is 271 g/mol. The molecule has 2 rings (SSSR count). The lowest BCUT2D eigenvalue weighted by Crippen LogP contribution is -2.24. The maximum absolute atomic E-state index is 9.96. The van der Waals surface area contributed by atoms with Crippen LogP contribution in [0.3, 0.4) is 0 Å². The highest BCUT2D eigenvalue weighted by molar-refractivity contribution is 5.37. The summed E-state index contributed by atoms with van der Waals surface area (Å²) in [6.45, 7) is 4.30. The van der Waals surface area contributed by atoms with Gasteiger partial charge in [-0.1, -0.05) is 36.4 Å². The van der Waals surface area contributed by atoms with E-state index >= 15 is 0 Å². The molecule has 3 N–H and O–H groups in total. The molecule has 106 valence electrons. The van der Waals surface area contributed by atoms with E-state index in [2.05, 4.69) is 0 Å². The van der Waals surface area contributed by atoms with Crippen molar-refractivity contribution in [3.63, 3.8) is 0 Å². The van der Waals surface area contributed by atoms with Gasteiger partial charge in [-0.3, -0.25) is 0 Å². The quantitative estimate of drug-likeness (QED) is 0.879. The molecule has 0 amide bonds. The van der Waals surface area contributed by atoms with E-state index in [1.54, 1.807) is 6.92 Å². The van der Waals surface area contributed by atoms with Gasteiger partial charge in [0, 0.05) is 6.04 Å². The van der Waals surface area contributed by atoms with Gasteiger partial charge in [0.2, 0.25) is 0 Å². The molecule has 0 saturated carbocycles. The number of rotatable bonds is 5. The standard InChI is InChI=1S/C17H21NO2/c1-12-10-15(17(19)13(2)18)8-9-16(12)20-11-14-6-4-3-5-7-14/h3-10,13,17,19H,11,18H2,1-2H3. The smallest absolute Gasteiger partial charge is 0.122 e. The summed E-state index contributed by atoms with van der Waals surface area (Å²) in [4.78, 5) is 0. The van der Waals surface area contributed by atoms with Crippen molar-refractivity contribution in [1.29, 1.82) is 0 Å². The zero-order valence-electron chi connectivity index (χ0n) is 11.9. The first-order chi connectivity index (χ1) is 9.58. The molecule has 0 heterocycles. The van der Waals surface area contributed by atoms with Crippen molar-refractivity contribution in [1.82, 2.24) is 0 Å². The van der Waals surface area contributed by atoms with Crippen LogP contribution in [-0.2, 0) is 6.61 Å². The summed E-state index contributed by atoms with van der Waals surface area (Å²) >= 11 is 0. The minimum Gasteiger partial charge on any atom is -0.489 e. The summed E-state index contributed by atoms with van der Waals surface area (Å²) in [6, 6.07) is 15.4. The van der Waals surface area contributed by atoms with E-state index in [0.717, 1.165) is 22.4 Å². The molecule has 0 aromatic heterocycles. The van der Waals surface area contributed by atoms with Gasteiger partial charge in [0.1, 0.15) is 12.4 Å². The summed E-state index contributed by atoms with van der Waals surface area (Å²) < 4.78 is 5.81. The number of aliphatic hydroxyl groups is 1. The first-order valence-electron chi connectivity index (χ1n) is 6.79. The number of benzene rings is 2. The highest BCUT2D eigenvalue weighted by atomic mass is 16.5. The second-order valence-corrected chi connectivity index (χ2v) is 5.10. The molecule has 0 radical (unpaired) electrons. The predicted molar refractivity (Wildman–Crippen MR) is 80.6 cm³/mol. The minimum atomic E-state index is -0.642. The Hall–Kier alpha value is -1.84. The first-order valence-corrected chi connectivity index (χ1v) is 6.79. The third kappa shape index (κ3) is 3.59. The fourth-order valence-corrected chi connectivity index (χ4v) is 2.06. The van der Waals surface area contributed by atoms with Gasteiger partial charge in [0.15, 0.2) is 0 Å². The Balaban J connectivity index is 2.06. The SMILES string of the molecule is Cc1cc(C(O)C(C)N)ccc1OCc1ccccc1. The highest BCUT2D eigenvalue weighted by Gasteiger charge is 2.13. The molecule has 0 spiro atoms. The minimum absolute atomic E-state index is 0.287. The predicted octanol–water partition coefficient (Wildman–Crippen LogP) is 2.95. The van der Waals surface area contributed by atoms with E-state index < -0.39 is 6.10 Å². The van der Waals surface area contributed by atoms with Crippen LogP contribution in [0.1, 0.15) is 29.7 Å². The Morgan fingerprint density at radius 3 is 2.45 bits per heavy atom. The van der Waals surface area contributed by atoms with Crippen LogP contribution >= 0.6 is 0 Å². The Labute approximate surface area is 120 Å². The molecule has 2 unspecified atom stereocenters. The Bertz CT molecular complexity index is 552. The molecule has 2 aromatic rings. The lowest BCUT2D eigenvalue weighted by Gasteiger charge is -2.17. The van der Waals surface area contributed by atoms with E-state index in [1.807, 2.05) is 55.5 Å². The van der Waals surface area contributed by atoms with Gasteiger partial charge >= 0.3 is 0 Å². The van der Waals surface area contributed by atoms with Crippen LogP contribution < -0.4 is 10.5 Å². The number of aryl methyl sites for hydroxylation is 1. The maximum Gasteiger partial charge on any atom is 0.122 e. The summed E-state index contributed by atoms with van der Waals surface area (Å²) in [7, 11) is 0. The molecule has 3 heteroatoms. The van der Waals surface area contributed by atoms with Crippen LogP contribution in [0.15, 0.2) is 48.5 Å². The van der Waals surface area contributed by atoms with E-state index in [9.17, 15) is 5.11 Å². The van der Waals surface area contributed by atoms with Gasteiger partial charge in [-0.2, -0.15) is 0 Å². The van der Waals surface area contributed by atoms with Crippen LogP contribution in [0.25, 0.3) is 0 Å². The van der Waals surface area contributed by atoms with Gasteiger partial charge in [-0.15, -0.1) is 0 Å². The van der Waals surface area contributed by atoms with Crippen molar-refractivity contribution < 1.29 is 9.84 Å². The largest absolute Gasteiger partial charge is 0.489 e. The van der Waals surface area contributed by atoms with Crippen LogP contribution in [-0.4, -0.2) is 11.1 Å². The van der Waals surface area contributed by atoms with Crippen molar-refractivity contribution in [3.8, 4) is 5.75 Å². The second-order valence-electron chi connectivity index (χ2n) is 5.10. The van der Waals surface area contributed by atoms with Crippen LogP contribution in [0.5, 0.6) is 5.75 Å². The number of nitrogens with two attached hydrogens (primary N) is 1. The van der Waals surface area contributed by atoms with Crippen molar-refractivity contribution in [2.75, 3.05) is 0 Å². The van der Waals surface area contributed by atoms with Crippen LogP contribution in [0, 0.1) is 6.92 Å². The fraction of sp³-hybridized carbons (Fsp3) is 0.294. The van der Waals surface area contributed by atoms with Crippen molar-refractivity contribution in [3.05, 3.63) is 65.2 Å². The number of ether oxygens (including phenoxy) is 1. The first kappa shape index (κ1) is 14.6. The summed E-state index contributed by atoms with van der Waals surface area (Å²) in [5.74, 6) is 0.828. The maximum atomic E-state index is 9.96. The zero-order valence-corrected chi connectivity index (χ0v) is 11.9. The van der Waals surface area contributed by atoms with E-state index in [4.69, 9.17) is 10.5 Å². The molecule has 0 bridgehead atoms. The highest BCUT2D eigenvalue weighted by Crippen LogP contribution is 2.24. The summed E-state index contributed by atoms with van der Waals surface area (Å²) in [6.07, 6.45) is -0.642.